The lowest BCUT2D eigenvalue weighted by molar-refractivity contribution is -0.135. The molecule has 0 radical (unpaired) electrons. The minimum Gasteiger partial charge on any atom is -0.494 e. The number of piperazine rings is 1. The van der Waals surface area contributed by atoms with Crippen molar-refractivity contribution in [3.05, 3.63) is 29.8 Å². The quantitative estimate of drug-likeness (QED) is 0.546. The number of ether oxygens (including phenoxy) is 1. The minimum atomic E-state index is -0.0360. The zero-order valence-electron chi connectivity index (χ0n) is 18.8. The summed E-state index contributed by atoms with van der Waals surface area (Å²) in [6, 6.07) is 8.09. The molecule has 1 aromatic rings. The van der Waals surface area contributed by atoms with Gasteiger partial charge in [-0.15, -0.1) is 0 Å². The second-order valence-corrected chi connectivity index (χ2v) is 7.98. The van der Waals surface area contributed by atoms with Gasteiger partial charge in [-0.1, -0.05) is 12.1 Å². The van der Waals surface area contributed by atoms with Crippen LogP contribution in [0.1, 0.15) is 39.2 Å². The second kappa shape index (κ2) is 11.2. The molecule has 1 amide bonds. The van der Waals surface area contributed by atoms with Crippen molar-refractivity contribution in [1.82, 2.24) is 20.0 Å². The Morgan fingerprint density at radius 3 is 2.50 bits per heavy atom. The molecule has 0 aliphatic carbocycles. The summed E-state index contributed by atoms with van der Waals surface area (Å²) in [5.74, 6) is 2.12. The SMILES string of the molecule is CCNC(=NCc1cccc(OCC)c1)N1CCN(C(C)C(=O)N2CCCC2)CC1. The van der Waals surface area contributed by atoms with E-state index in [-0.39, 0.29) is 11.9 Å². The largest absolute Gasteiger partial charge is 0.494 e. The highest BCUT2D eigenvalue weighted by Gasteiger charge is 2.30. The fraction of sp³-hybridized carbons (Fsp3) is 0.652. The normalized spacial score (nSPS) is 19.1. The van der Waals surface area contributed by atoms with E-state index in [4.69, 9.17) is 9.73 Å². The van der Waals surface area contributed by atoms with Crippen LogP contribution in [0.2, 0.25) is 0 Å². The van der Waals surface area contributed by atoms with Crippen molar-refractivity contribution >= 4 is 11.9 Å². The summed E-state index contributed by atoms with van der Waals surface area (Å²) in [4.78, 5) is 24.2. The molecule has 0 bridgehead atoms. The molecule has 3 rings (SSSR count). The number of nitrogens with one attached hydrogen (secondary N) is 1. The Morgan fingerprint density at radius 1 is 1.10 bits per heavy atom. The molecule has 7 heteroatoms. The molecule has 0 spiro atoms. The van der Waals surface area contributed by atoms with E-state index in [1.165, 1.54) is 0 Å². The number of carbonyl (C=O) groups excluding carboxylic acids is 1. The minimum absolute atomic E-state index is 0.0360. The third-order valence-electron chi connectivity index (χ3n) is 5.89. The number of amides is 1. The van der Waals surface area contributed by atoms with Crippen molar-refractivity contribution in [2.45, 2.75) is 46.2 Å². The number of hydrogen-bond donors (Lipinski definition) is 1. The molecular weight excluding hydrogens is 378 g/mol. The molecule has 2 fully saturated rings. The fourth-order valence-corrected chi connectivity index (χ4v) is 4.17. The van der Waals surface area contributed by atoms with E-state index in [1.807, 2.05) is 24.0 Å². The lowest BCUT2D eigenvalue weighted by atomic mass is 10.2. The highest BCUT2D eigenvalue weighted by atomic mass is 16.5. The van der Waals surface area contributed by atoms with Gasteiger partial charge in [-0.3, -0.25) is 9.69 Å². The molecule has 0 saturated carbocycles. The molecule has 7 nitrogen and oxygen atoms in total. The zero-order chi connectivity index (χ0) is 21.3. The molecule has 30 heavy (non-hydrogen) atoms. The first-order chi connectivity index (χ1) is 14.6. The predicted molar refractivity (Wildman–Crippen MR) is 121 cm³/mol. The summed E-state index contributed by atoms with van der Waals surface area (Å²) in [7, 11) is 0. The maximum Gasteiger partial charge on any atom is 0.239 e. The van der Waals surface area contributed by atoms with E-state index >= 15 is 0 Å². The number of guanidine groups is 1. The standard InChI is InChI=1S/C23H37N5O2/c1-4-24-23(25-18-20-9-8-10-21(17-20)30-5-2)28-15-13-26(14-16-28)19(3)22(29)27-11-6-7-12-27/h8-10,17,19H,4-7,11-16,18H2,1-3H3,(H,24,25). The van der Waals surface area contributed by atoms with E-state index in [1.54, 1.807) is 0 Å². The molecular formula is C23H37N5O2. The van der Waals surface area contributed by atoms with Gasteiger partial charge in [0.1, 0.15) is 5.75 Å². The van der Waals surface area contributed by atoms with Crippen molar-refractivity contribution in [2.75, 3.05) is 52.4 Å². The van der Waals surface area contributed by atoms with Crippen LogP contribution in [-0.2, 0) is 11.3 Å². The van der Waals surface area contributed by atoms with Crippen molar-refractivity contribution in [3.63, 3.8) is 0 Å². The number of carbonyl (C=O) groups is 1. The molecule has 1 aromatic carbocycles. The first kappa shape index (κ1) is 22.4. The average molecular weight is 416 g/mol. The van der Waals surface area contributed by atoms with Gasteiger partial charge in [0.25, 0.3) is 0 Å². The van der Waals surface area contributed by atoms with Gasteiger partial charge in [0.05, 0.1) is 19.2 Å². The topological polar surface area (TPSA) is 60.4 Å². The van der Waals surface area contributed by atoms with Crippen LogP contribution >= 0.6 is 0 Å². The Labute approximate surface area is 181 Å². The fourth-order valence-electron chi connectivity index (χ4n) is 4.17. The Balaban J connectivity index is 1.56. The van der Waals surface area contributed by atoms with Crippen LogP contribution in [0.3, 0.4) is 0 Å². The Kier molecular flexibility index (Phi) is 8.37. The van der Waals surface area contributed by atoms with E-state index in [0.29, 0.717) is 13.2 Å². The summed E-state index contributed by atoms with van der Waals surface area (Å²) in [5.41, 5.74) is 1.14. The van der Waals surface area contributed by atoms with Crippen LogP contribution < -0.4 is 10.1 Å². The molecule has 1 N–H and O–H groups in total. The monoisotopic (exact) mass is 415 g/mol. The number of benzene rings is 1. The summed E-state index contributed by atoms with van der Waals surface area (Å²) in [5, 5.41) is 3.42. The van der Waals surface area contributed by atoms with Crippen molar-refractivity contribution in [1.29, 1.82) is 0 Å². The van der Waals surface area contributed by atoms with E-state index in [0.717, 1.165) is 75.9 Å². The Hall–Kier alpha value is -2.28. The first-order valence-electron chi connectivity index (χ1n) is 11.4. The summed E-state index contributed by atoms with van der Waals surface area (Å²) < 4.78 is 5.60. The van der Waals surface area contributed by atoms with Gasteiger partial charge in [0, 0.05) is 45.8 Å². The van der Waals surface area contributed by atoms with Gasteiger partial charge in [0.15, 0.2) is 5.96 Å². The smallest absolute Gasteiger partial charge is 0.239 e. The molecule has 0 aromatic heterocycles. The number of likely N-dealkylation sites (tertiary alicyclic amines) is 1. The molecule has 2 saturated heterocycles. The summed E-state index contributed by atoms with van der Waals surface area (Å²) in [6.45, 7) is 13.6. The number of nitrogens with zero attached hydrogens (tertiary/aromatic N) is 4. The van der Waals surface area contributed by atoms with Gasteiger partial charge in [-0.2, -0.15) is 0 Å². The predicted octanol–water partition coefficient (Wildman–Crippen LogP) is 2.18. The Morgan fingerprint density at radius 2 is 1.83 bits per heavy atom. The lowest BCUT2D eigenvalue weighted by Crippen LogP contribution is -2.57. The van der Waals surface area contributed by atoms with Crippen molar-refractivity contribution in [2.24, 2.45) is 4.99 Å². The Bertz CT molecular complexity index is 709. The summed E-state index contributed by atoms with van der Waals surface area (Å²) in [6.07, 6.45) is 2.28. The lowest BCUT2D eigenvalue weighted by Gasteiger charge is -2.39. The van der Waals surface area contributed by atoms with Gasteiger partial charge in [-0.05, 0) is 51.3 Å². The molecule has 166 valence electrons. The van der Waals surface area contributed by atoms with Crippen LogP contribution in [0.4, 0.5) is 0 Å². The third-order valence-corrected chi connectivity index (χ3v) is 5.89. The van der Waals surface area contributed by atoms with Gasteiger partial charge < -0.3 is 19.9 Å². The average Bonchev–Trinajstić information content (AvgIpc) is 3.31. The van der Waals surface area contributed by atoms with Crippen LogP contribution in [0, 0.1) is 0 Å². The van der Waals surface area contributed by atoms with E-state index in [9.17, 15) is 4.79 Å². The zero-order valence-corrected chi connectivity index (χ0v) is 18.8. The van der Waals surface area contributed by atoms with Gasteiger partial charge in [-0.25, -0.2) is 4.99 Å². The maximum atomic E-state index is 12.7. The number of aliphatic imine (C=N–C) groups is 1. The van der Waals surface area contributed by atoms with Crippen LogP contribution in [0.15, 0.2) is 29.3 Å². The van der Waals surface area contributed by atoms with Crippen molar-refractivity contribution < 1.29 is 9.53 Å². The van der Waals surface area contributed by atoms with Gasteiger partial charge >= 0.3 is 0 Å². The van der Waals surface area contributed by atoms with Crippen LogP contribution in [-0.4, -0.2) is 85.0 Å². The highest BCUT2D eigenvalue weighted by molar-refractivity contribution is 5.82. The van der Waals surface area contributed by atoms with E-state index < -0.39 is 0 Å². The second-order valence-electron chi connectivity index (χ2n) is 7.98. The van der Waals surface area contributed by atoms with Crippen molar-refractivity contribution in [3.8, 4) is 5.75 Å². The first-order valence-corrected chi connectivity index (χ1v) is 11.4. The highest BCUT2D eigenvalue weighted by Crippen LogP contribution is 2.16. The number of rotatable bonds is 7. The maximum absolute atomic E-state index is 12.7. The number of hydrogen-bond acceptors (Lipinski definition) is 4. The van der Waals surface area contributed by atoms with E-state index in [2.05, 4.69) is 41.1 Å². The van der Waals surface area contributed by atoms with Crippen LogP contribution in [0.5, 0.6) is 5.75 Å². The molecule has 1 unspecified atom stereocenters. The molecule has 1 atom stereocenters. The molecule has 2 heterocycles. The van der Waals surface area contributed by atoms with Crippen LogP contribution in [0.25, 0.3) is 0 Å². The molecule has 2 aliphatic rings. The summed E-state index contributed by atoms with van der Waals surface area (Å²) >= 11 is 0. The van der Waals surface area contributed by atoms with Gasteiger partial charge in [0.2, 0.25) is 5.91 Å². The molecule has 2 aliphatic heterocycles. The third kappa shape index (κ3) is 5.88.